The lowest BCUT2D eigenvalue weighted by molar-refractivity contribution is 0.680. The third-order valence-corrected chi connectivity index (χ3v) is 4.10. The van der Waals surface area contributed by atoms with Gasteiger partial charge in [-0.15, -0.1) is 0 Å². The molecule has 0 radical (unpaired) electrons. The summed E-state index contributed by atoms with van der Waals surface area (Å²) >= 11 is 1.64. The maximum atomic E-state index is 4.45. The number of nitrogens with one attached hydrogen (secondary N) is 1. The molecule has 1 N–H and O–H groups in total. The zero-order chi connectivity index (χ0) is 13.1. The number of nitrogens with zero attached hydrogens (tertiary/aromatic N) is 2. The maximum absolute atomic E-state index is 4.45. The molecule has 0 amide bonds. The molecule has 1 fully saturated rings. The lowest BCUT2D eigenvalue weighted by Gasteiger charge is -2.09. The lowest BCUT2D eigenvalue weighted by atomic mass is 10.2. The van der Waals surface area contributed by atoms with E-state index in [2.05, 4.69) is 39.6 Å². The number of rotatable bonds is 5. The van der Waals surface area contributed by atoms with Crippen LogP contribution >= 0.6 is 11.8 Å². The van der Waals surface area contributed by atoms with E-state index in [-0.39, 0.29) is 0 Å². The number of aromatic nitrogens is 2. The first-order chi connectivity index (χ1) is 9.31. The molecule has 1 saturated carbocycles. The third kappa shape index (κ3) is 3.55. The van der Waals surface area contributed by atoms with Gasteiger partial charge in [0.25, 0.3) is 0 Å². The molecule has 1 aromatic carbocycles. The first-order valence-electron chi connectivity index (χ1n) is 6.60. The highest BCUT2D eigenvalue weighted by molar-refractivity contribution is 7.99. The van der Waals surface area contributed by atoms with E-state index in [0.717, 1.165) is 23.4 Å². The SMILES string of the molecule is Cc1ccnc(Sc2ccccc2CNC2CC2)n1. The average Bonchev–Trinajstić information content (AvgIpc) is 3.22. The Balaban J connectivity index is 1.75. The van der Waals surface area contributed by atoms with Crippen molar-refractivity contribution in [1.29, 1.82) is 0 Å². The molecule has 98 valence electrons. The second kappa shape index (κ2) is 5.72. The quantitative estimate of drug-likeness (QED) is 0.848. The topological polar surface area (TPSA) is 37.8 Å². The summed E-state index contributed by atoms with van der Waals surface area (Å²) < 4.78 is 0. The van der Waals surface area contributed by atoms with Crippen LogP contribution in [0.5, 0.6) is 0 Å². The lowest BCUT2D eigenvalue weighted by Crippen LogP contribution is -2.15. The molecule has 1 aliphatic rings. The van der Waals surface area contributed by atoms with Gasteiger partial charge in [0, 0.05) is 29.4 Å². The van der Waals surface area contributed by atoms with Gasteiger partial charge in [0.1, 0.15) is 0 Å². The molecule has 1 aromatic heterocycles. The Morgan fingerprint density at radius 2 is 2.11 bits per heavy atom. The second-order valence-electron chi connectivity index (χ2n) is 4.85. The Morgan fingerprint density at radius 1 is 1.26 bits per heavy atom. The monoisotopic (exact) mass is 271 g/mol. The van der Waals surface area contributed by atoms with Crippen molar-refractivity contribution < 1.29 is 0 Å². The minimum atomic E-state index is 0.730. The standard InChI is InChI=1S/C15H17N3S/c1-11-8-9-16-15(18-11)19-14-5-3-2-4-12(14)10-17-13-6-7-13/h2-5,8-9,13,17H,6-7,10H2,1H3. The van der Waals surface area contributed by atoms with E-state index in [1.54, 1.807) is 11.8 Å². The average molecular weight is 271 g/mol. The fraction of sp³-hybridized carbons (Fsp3) is 0.333. The van der Waals surface area contributed by atoms with Crippen molar-refractivity contribution in [2.24, 2.45) is 0 Å². The predicted molar refractivity (Wildman–Crippen MR) is 77.2 cm³/mol. The van der Waals surface area contributed by atoms with Crippen molar-refractivity contribution in [1.82, 2.24) is 15.3 Å². The van der Waals surface area contributed by atoms with E-state index in [9.17, 15) is 0 Å². The van der Waals surface area contributed by atoms with Crippen LogP contribution in [-0.4, -0.2) is 16.0 Å². The van der Waals surface area contributed by atoms with Crippen LogP contribution in [0.1, 0.15) is 24.1 Å². The van der Waals surface area contributed by atoms with Crippen molar-refractivity contribution >= 4 is 11.8 Å². The van der Waals surface area contributed by atoms with Crippen molar-refractivity contribution in [3.05, 3.63) is 47.8 Å². The molecule has 0 spiro atoms. The zero-order valence-electron chi connectivity index (χ0n) is 11.0. The highest BCUT2D eigenvalue weighted by Crippen LogP contribution is 2.28. The van der Waals surface area contributed by atoms with Gasteiger partial charge in [-0.3, -0.25) is 0 Å². The molecule has 0 unspecified atom stereocenters. The van der Waals surface area contributed by atoms with Gasteiger partial charge in [0.05, 0.1) is 0 Å². The number of benzene rings is 1. The van der Waals surface area contributed by atoms with Crippen molar-refractivity contribution in [2.45, 2.75) is 42.4 Å². The normalized spacial score (nSPS) is 14.6. The third-order valence-electron chi connectivity index (χ3n) is 3.11. The summed E-state index contributed by atoms with van der Waals surface area (Å²) in [5.74, 6) is 0. The first kappa shape index (κ1) is 12.6. The summed E-state index contributed by atoms with van der Waals surface area (Å²) in [5, 5.41) is 4.37. The zero-order valence-corrected chi connectivity index (χ0v) is 11.8. The minimum Gasteiger partial charge on any atom is -0.310 e. The van der Waals surface area contributed by atoms with Crippen LogP contribution < -0.4 is 5.32 Å². The Hall–Kier alpha value is -1.39. The minimum absolute atomic E-state index is 0.730. The summed E-state index contributed by atoms with van der Waals surface area (Å²) in [5.41, 5.74) is 2.33. The van der Waals surface area contributed by atoms with Gasteiger partial charge in [-0.25, -0.2) is 9.97 Å². The number of hydrogen-bond acceptors (Lipinski definition) is 4. The van der Waals surface area contributed by atoms with Crippen molar-refractivity contribution in [3.8, 4) is 0 Å². The highest BCUT2D eigenvalue weighted by Gasteiger charge is 2.20. The summed E-state index contributed by atoms with van der Waals surface area (Å²) in [4.78, 5) is 10.0. The summed E-state index contributed by atoms with van der Waals surface area (Å²) in [6.45, 7) is 2.92. The largest absolute Gasteiger partial charge is 0.310 e. The van der Waals surface area contributed by atoms with E-state index in [4.69, 9.17) is 0 Å². The van der Waals surface area contributed by atoms with Gasteiger partial charge in [0.2, 0.25) is 0 Å². The number of hydrogen-bond donors (Lipinski definition) is 1. The van der Waals surface area contributed by atoms with Crippen LogP contribution in [0, 0.1) is 6.92 Å². The van der Waals surface area contributed by atoms with Crippen LogP contribution in [0.4, 0.5) is 0 Å². The molecule has 0 saturated heterocycles. The van der Waals surface area contributed by atoms with Crippen LogP contribution in [0.2, 0.25) is 0 Å². The van der Waals surface area contributed by atoms with E-state index in [1.165, 1.54) is 23.3 Å². The fourth-order valence-electron chi connectivity index (χ4n) is 1.86. The van der Waals surface area contributed by atoms with Gasteiger partial charge in [-0.2, -0.15) is 0 Å². The van der Waals surface area contributed by atoms with E-state index >= 15 is 0 Å². The summed E-state index contributed by atoms with van der Waals surface area (Å²) in [6, 6.07) is 11.1. The van der Waals surface area contributed by atoms with Crippen LogP contribution in [0.25, 0.3) is 0 Å². The van der Waals surface area contributed by atoms with Gasteiger partial charge in [-0.05, 0) is 49.2 Å². The van der Waals surface area contributed by atoms with Gasteiger partial charge in [-0.1, -0.05) is 18.2 Å². The van der Waals surface area contributed by atoms with E-state index in [0.29, 0.717) is 0 Å². The van der Waals surface area contributed by atoms with E-state index in [1.807, 2.05) is 19.2 Å². The predicted octanol–water partition coefficient (Wildman–Crippen LogP) is 3.19. The maximum Gasteiger partial charge on any atom is 0.192 e. The molecular weight excluding hydrogens is 254 g/mol. The number of aryl methyl sites for hydroxylation is 1. The molecule has 0 aliphatic heterocycles. The smallest absolute Gasteiger partial charge is 0.192 e. The Labute approximate surface area is 117 Å². The molecule has 19 heavy (non-hydrogen) atoms. The Kier molecular flexibility index (Phi) is 3.80. The van der Waals surface area contributed by atoms with Crippen LogP contribution in [0.15, 0.2) is 46.6 Å². The van der Waals surface area contributed by atoms with E-state index < -0.39 is 0 Å². The van der Waals surface area contributed by atoms with Crippen molar-refractivity contribution in [2.75, 3.05) is 0 Å². The summed E-state index contributed by atoms with van der Waals surface area (Å²) in [7, 11) is 0. The van der Waals surface area contributed by atoms with Gasteiger partial charge >= 0.3 is 0 Å². The Morgan fingerprint density at radius 3 is 2.89 bits per heavy atom. The van der Waals surface area contributed by atoms with Crippen LogP contribution in [0.3, 0.4) is 0 Å². The molecule has 1 heterocycles. The van der Waals surface area contributed by atoms with Crippen LogP contribution in [-0.2, 0) is 6.54 Å². The molecule has 2 aromatic rings. The molecular formula is C15H17N3S. The summed E-state index contributed by atoms with van der Waals surface area (Å²) in [6.07, 6.45) is 4.45. The fourth-order valence-corrected chi connectivity index (χ4v) is 2.78. The molecule has 1 aliphatic carbocycles. The van der Waals surface area contributed by atoms with Crippen molar-refractivity contribution in [3.63, 3.8) is 0 Å². The first-order valence-corrected chi connectivity index (χ1v) is 7.42. The van der Waals surface area contributed by atoms with Gasteiger partial charge < -0.3 is 5.32 Å². The van der Waals surface area contributed by atoms with Gasteiger partial charge in [0.15, 0.2) is 5.16 Å². The molecule has 0 bridgehead atoms. The second-order valence-corrected chi connectivity index (χ2v) is 5.85. The molecule has 0 atom stereocenters. The molecule has 3 rings (SSSR count). The highest BCUT2D eigenvalue weighted by atomic mass is 32.2. The Bertz CT molecular complexity index is 567. The molecule has 4 heteroatoms. The molecule has 3 nitrogen and oxygen atoms in total.